The van der Waals surface area contributed by atoms with Gasteiger partial charge in [-0.3, -0.25) is 9.59 Å². The van der Waals surface area contributed by atoms with E-state index < -0.39 is 5.97 Å². The van der Waals surface area contributed by atoms with Crippen molar-refractivity contribution in [3.63, 3.8) is 0 Å². The van der Waals surface area contributed by atoms with Crippen molar-refractivity contribution in [2.75, 3.05) is 13.1 Å². The average molecular weight is 282 g/mol. The van der Waals surface area contributed by atoms with Gasteiger partial charge in [-0.05, 0) is 30.0 Å². The third-order valence-corrected chi connectivity index (χ3v) is 3.58. The van der Waals surface area contributed by atoms with E-state index in [1.54, 1.807) is 17.0 Å². The molecule has 1 unspecified atom stereocenters. The second-order valence-electron chi connectivity index (χ2n) is 4.90. The fraction of sp³-hybridized carbons (Fsp3) is 0.429. The van der Waals surface area contributed by atoms with Crippen molar-refractivity contribution in [3.8, 4) is 0 Å². The molecule has 1 heterocycles. The van der Waals surface area contributed by atoms with Crippen LogP contribution in [0.25, 0.3) is 0 Å². The number of hydrogen-bond acceptors (Lipinski definition) is 2. The van der Waals surface area contributed by atoms with Crippen LogP contribution in [0, 0.1) is 5.92 Å². The van der Waals surface area contributed by atoms with Gasteiger partial charge in [0.25, 0.3) is 0 Å². The van der Waals surface area contributed by atoms with E-state index in [0.29, 0.717) is 24.5 Å². The van der Waals surface area contributed by atoms with Gasteiger partial charge in [0.05, 0.1) is 6.42 Å². The molecule has 1 aliphatic rings. The third kappa shape index (κ3) is 3.96. The van der Waals surface area contributed by atoms with Gasteiger partial charge in [-0.25, -0.2) is 0 Å². The summed E-state index contributed by atoms with van der Waals surface area (Å²) in [5.41, 5.74) is 0.888. The summed E-state index contributed by atoms with van der Waals surface area (Å²) < 4.78 is 0. The van der Waals surface area contributed by atoms with Gasteiger partial charge in [-0.15, -0.1) is 0 Å². The zero-order chi connectivity index (χ0) is 13.8. The summed E-state index contributed by atoms with van der Waals surface area (Å²) in [7, 11) is 0. The summed E-state index contributed by atoms with van der Waals surface area (Å²) in [6, 6.07) is 7.25. The van der Waals surface area contributed by atoms with Gasteiger partial charge in [0.15, 0.2) is 0 Å². The van der Waals surface area contributed by atoms with E-state index in [4.69, 9.17) is 16.7 Å². The molecule has 1 amide bonds. The van der Waals surface area contributed by atoms with Crippen molar-refractivity contribution in [1.29, 1.82) is 0 Å². The highest BCUT2D eigenvalue weighted by Crippen LogP contribution is 2.21. The number of nitrogens with zero attached hydrogens (tertiary/aromatic N) is 1. The lowest BCUT2D eigenvalue weighted by Gasteiger charge is -2.16. The Bertz CT molecular complexity index is 489. The van der Waals surface area contributed by atoms with E-state index in [2.05, 4.69) is 0 Å². The van der Waals surface area contributed by atoms with E-state index >= 15 is 0 Å². The van der Waals surface area contributed by atoms with Crippen LogP contribution in [0.4, 0.5) is 0 Å². The highest BCUT2D eigenvalue weighted by molar-refractivity contribution is 6.30. The summed E-state index contributed by atoms with van der Waals surface area (Å²) in [4.78, 5) is 24.5. The Kier molecular flexibility index (Phi) is 4.43. The zero-order valence-electron chi connectivity index (χ0n) is 10.5. The summed E-state index contributed by atoms with van der Waals surface area (Å²) >= 11 is 5.88. The summed E-state index contributed by atoms with van der Waals surface area (Å²) in [6.07, 6.45) is 1.23. The normalized spacial score (nSPS) is 18.6. The number of hydrogen-bond donors (Lipinski definition) is 1. The Balaban J connectivity index is 1.89. The van der Waals surface area contributed by atoms with Crippen LogP contribution < -0.4 is 0 Å². The van der Waals surface area contributed by atoms with E-state index in [1.165, 1.54) is 0 Å². The second kappa shape index (κ2) is 6.06. The number of carboxylic acid groups (broad SMARTS) is 1. The number of benzene rings is 1. The first-order valence-electron chi connectivity index (χ1n) is 6.28. The van der Waals surface area contributed by atoms with Gasteiger partial charge in [0.1, 0.15) is 0 Å². The van der Waals surface area contributed by atoms with Crippen LogP contribution in [0.2, 0.25) is 5.02 Å². The van der Waals surface area contributed by atoms with E-state index in [-0.39, 0.29) is 18.2 Å². The minimum absolute atomic E-state index is 0.0372. The van der Waals surface area contributed by atoms with Crippen LogP contribution >= 0.6 is 11.6 Å². The van der Waals surface area contributed by atoms with Gasteiger partial charge >= 0.3 is 5.97 Å². The summed E-state index contributed by atoms with van der Waals surface area (Å²) in [5, 5.41) is 9.37. The number of amides is 1. The smallest absolute Gasteiger partial charge is 0.303 e. The molecule has 0 aromatic heterocycles. The minimum atomic E-state index is -0.797. The zero-order valence-corrected chi connectivity index (χ0v) is 11.3. The lowest BCUT2D eigenvalue weighted by molar-refractivity contribution is -0.138. The predicted octanol–water partition coefficient (Wildman–Crippen LogP) is 2.21. The van der Waals surface area contributed by atoms with Crippen LogP contribution in [-0.2, 0) is 16.0 Å². The minimum Gasteiger partial charge on any atom is -0.481 e. The Morgan fingerprint density at radius 2 is 2.21 bits per heavy atom. The summed E-state index contributed by atoms with van der Waals surface area (Å²) in [5.74, 6) is -0.676. The molecule has 0 saturated carbocycles. The molecule has 1 N–H and O–H groups in total. The molecule has 102 valence electrons. The van der Waals surface area contributed by atoms with Crippen LogP contribution in [0.1, 0.15) is 18.4 Å². The molecule has 1 aromatic rings. The summed E-state index contributed by atoms with van der Waals surface area (Å²) in [6.45, 7) is 1.20. The molecule has 1 aliphatic heterocycles. The number of halogens is 1. The fourth-order valence-electron chi connectivity index (χ4n) is 2.41. The lowest BCUT2D eigenvalue weighted by atomic mass is 10.1. The van der Waals surface area contributed by atoms with E-state index in [0.717, 1.165) is 12.0 Å². The molecule has 1 saturated heterocycles. The molecule has 19 heavy (non-hydrogen) atoms. The molecule has 0 aliphatic carbocycles. The molecule has 2 rings (SSSR count). The van der Waals surface area contributed by atoms with Crippen molar-refractivity contribution in [2.45, 2.75) is 19.3 Å². The fourth-order valence-corrected chi connectivity index (χ4v) is 2.62. The number of rotatable bonds is 4. The van der Waals surface area contributed by atoms with Crippen molar-refractivity contribution < 1.29 is 14.7 Å². The van der Waals surface area contributed by atoms with E-state index in [9.17, 15) is 9.59 Å². The Labute approximate surface area is 117 Å². The maximum Gasteiger partial charge on any atom is 0.303 e. The Morgan fingerprint density at radius 1 is 1.42 bits per heavy atom. The second-order valence-corrected chi connectivity index (χ2v) is 5.34. The quantitative estimate of drug-likeness (QED) is 0.920. The first-order valence-corrected chi connectivity index (χ1v) is 6.66. The monoisotopic (exact) mass is 281 g/mol. The van der Waals surface area contributed by atoms with Crippen molar-refractivity contribution in [2.24, 2.45) is 5.92 Å². The molecule has 4 nitrogen and oxygen atoms in total. The van der Waals surface area contributed by atoms with Gasteiger partial charge < -0.3 is 10.0 Å². The number of carbonyl (C=O) groups excluding carboxylic acids is 1. The number of aliphatic carboxylic acids is 1. The van der Waals surface area contributed by atoms with Crippen LogP contribution in [0.15, 0.2) is 24.3 Å². The Morgan fingerprint density at radius 3 is 2.89 bits per heavy atom. The predicted molar refractivity (Wildman–Crippen MR) is 72.1 cm³/mol. The molecule has 1 fully saturated rings. The number of carboxylic acids is 1. The average Bonchev–Trinajstić information content (AvgIpc) is 2.76. The van der Waals surface area contributed by atoms with Gasteiger partial charge in [0, 0.05) is 24.5 Å². The number of likely N-dealkylation sites (tertiary alicyclic amines) is 1. The molecule has 0 bridgehead atoms. The molecule has 5 heteroatoms. The van der Waals surface area contributed by atoms with Crippen molar-refractivity contribution in [3.05, 3.63) is 34.9 Å². The third-order valence-electron chi connectivity index (χ3n) is 3.35. The van der Waals surface area contributed by atoms with Crippen molar-refractivity contribution >= 4 is 23.5 Å². The van der Waals surface area contributed by atoms with Crippen molar-refractivity contribution in [1.82, 2.24) is 4.90 Å². The molecule has 1 aromatic carbocycles. The van der Waals surface area contributed by atoms with Gasteiger partial charge in [-0.2, -0.15) is 0 Å². The standard InChI is InChI=1S/C14H16ClNO3/c15-12-3-1-2-10(6-12)7-13(17)16-5-4-11(9-16)8-14(18)19/h1-3,6,11H,4-5,7-9H2,(H,18,19). The molecule has 1 atom stereocenters. The number of carbonyl (C=O) groups is 2. The topological polar surface area (TPSA) is 57.6 Å². The first kappa shape index (κ1) is 13.9. The van der Waals surface area contributed by atoms with Crippen LogP contribution in [0.3, 0.4) is 0 Å². The SMILES string of the molecule is O=C(O)CC1CCN(C(=O)Cc2cccc(Cl)c2)C1. The van der Waals surface area contributed by atoms with Gasteiger partial charge in [-0.1, -0.05) is 23.7 Å². The molecule has 0 radical (unpaired) electrons. The van der Waals surface area contributed by atoms with E-state index in [1.807, 2.05) is 12.1 Å². The largest absolute Gasteiger partial charge is 0.481 e. The maximum absolute atomic E-state index is 12.1. The molecular formula is C14H16ClNO3. The molecule has 0 spiro atoms. The highest BCUT2D eigenvalue weighted by Gasteiger charge is 2.27. The lowest BCUT2D eigenvalue weighted by Crippen LogP contribution is -2.30. The first-order chi connectivity index (χ1) is 9.04. The van der Waals surface area contributed by atoms with Gasteiger partial charge in [0.2, 0.25) is 5.91 Å². The van der Waals surface area contributed by atoms with Crippen LogP contribution in [0.5, 0.6) is 0 Å². The highest BCUT2D eigenvalue weighted by atomic mass is 35.5. The maximum atomic E-state index is 12.1. The van der Waals surface area contributed by atoms with Crippen LogP contribution in [-0.4, -0.2) is 35.0 Å². The Hall–Kier alpha value is -1.55. The molecular weight excluding hydrogens is 266 g/mol.